The van der Waals surface area contributed by atoms with Crippen molar-refractivity contribution in [1.82, 2.24) is 10.2 Å². The van der Waals surface area contributed by atoms with Gasteiger partial charge in [-0.15, -0.1) is 0 Å². The Kier molecular flexibility index (Phi) is 7.02. The zero-order valence-corrected chi connectivity index (χ0v) is 17.4. The number of nitrogens with zero attached hydrogens (tertiary/aromatic N) is 1. The van der Waals surface area contributed by atoms with Crippen LogP contribution in [0.4, 0.5) is 0 Å². The van der Waals surface area contributed by atoms with Crippen LogP contribution >= 0.6 is 0 Å². The van der Waals surface area contributed by atoms with Crippen LogP contribution in [0.5, 0.6) is 0 Å². The first kappa shape index (κ1) is 21.3. The Morgan fingerprint density at radius 3 is 2.63 bits per heavy atom. The molecular formula is C23H32N2O5. The maximum Gasteiger partial charge on any atom is 0.227 e. The lowest BCUT2D eigenvalue weighted by Gasteiger charge is -2.44. The largest absolute Gasteiger partial charge is 0.389 e. The van der Waals surface area contributed by atoms with Gasteiger partial charge < -0.3 is 24.8 Å². The van der Waals surface area contributed by atoms with Crippen LogP contribution in [-0.2, 0) is 25.5 Å². The minimum Gasteiger partial charge on any atom is -0.389 e. The molecule has 2 saturated heterocycles. The van der Waals surface area contributed by atoms with E-state index in [9.17, 15) is 14.7 Å². The lowest BCUT2D eigenvalue weighted by Crippen LogP contribution is -2.58. The number of aliphatic hydroxyl groups is 1. The molecule has 1 aromatic rings. The molecule has 0 aromatic heterocycles. The van der Waals surface area contributed by atoms with Crippen LogP contribution < -0.4 is 5.32 Å². The third-order valence-corrected chi connectivity index (χ3v) is 6.38. The van der Waals surface area contributed by atoms with Gasteiger partial charge in [0.05, 0.1) is 44.3 Å². The second kappa shape index (κ2) is 9.90. The Hall–Kier alpha value is -1.96. The molecule has 1 saturated carbocycles. The minimum absolute atomic E-state index is 0.0121. The second-order valence-corrected chi connectivity index (χ2v) is 8.74. The maximum atomic E-state index is 13.1. The van der Waals surface area contributed by atoms with Gasteiger partial charge in [-0.1, -0.05) is 30.3 Å². The van der Waals surface area contributed by atoms with E-state index in [1.54, 1.807) is 4.90 Å². The van der Waals surface area contributed by atoms with E-state index in [2.05, 4.69) is 5.32 Å². The van der Waals surface area contributed by atoms with Gasteiger partial charge in [0, 0.05) is 12.6 Å². The van der Waals surface area contributed by atoms with Crippen molar-refractivity contribution in [3.8, 4) is 0 Å². The summed E-state index contributed by atoms with van der Waals surface area (Å²) in [4.78, 5) is 27.2. The molecule has 164 valence electrons. The second-order valence-electron chi connectivity index (χ2n) is 8.74. The lowest BCUT2D eigenvalue weighted by atomic mass is 9.92. The number of fused-ring (bicyclic) bond motifs is 1. The van der Waals surface area contributed by atoms with Crippen molar-refractivity contribution in [2.45, 2.75) is 75.3 Å². The normalized spacial score (nSPS) is 29.8. The molecule has 2 amide bonds. The maximum absolute atomic E-state index is 13.1. The monoisotopic (exact) mass is 416 g/mol. The summed E-state index contributed by atoms with van der Waals surface area (Å²) in [6.07, 6.45) is 4.25. The van der Waals surface area contributed by atoms with Crippen molar-refractivity contribution >= 4 is 11.8 Å². The van der Waals surface area contributed by atoms with Gasteiger partial charge in [0.2, 0.25) is 11.8 Å². The molecule has 2 heterocycles. The van der Waals surface area contributed by atoms with Crippen LogP contribution in [-0.4, -0.2) is 72.0 Å². The van der Waals surface area contributed by atoms with Crippen molar-refractivity contribution in [3.63, 3.8) is 0 Å². The summed E-state index contributed by atoms with van der Waals surface area (Å²) in [7, 11) is 0. The van der Waals surface area contributed by atoms with Gasteiger partial charge in [-0.05, 0) is 37.7 Å². The van der Waals surface area contributed by atoms with E-state index >= 15 is 0 Å². The van der Waals surface area contributed by atoms with Crippen LogP contribution in [0.25, 0.3) is 0 Å². The van der Waals surface area contributed by atoms with E-state index in [0.29, 0.717) is 31.9 Å². The quantitative estimate of drug-likeness (QED) is 0.758. The third kappa shape index (κ3) is 5.39. The molecule has 0 bridgehead atoms. The van der Waals surface area contributed by atoms with Crippen LogP contribution in [0, 0.1) is 0 Å². The molecule has 3 aliphatic rings. The number of β-amino-alcohol motifs (C(OH)–C–C–N with tert-alkyl or cyclic N) is 1. The Balaban J connectivity index is 1.39. The van der Waals surface area contributed by atoms with Gasteiger partial charge in [-0.2, -0.15) is 0 Å². The predicted octanol–water partition coefficient (Wildman–Crippen LogP) is 1.42. The molecular weight excluding hydrogens is 384 g/mol. The molecule has 30 heavy (non-hydrogen) atoms. The average molecular weight is 417 g/mol. The van der Waals surface area contributed by atoms with Crippen molar-refractivity contribution in [3.05, 3.63) is 35.9 Å². The molecule has 1 aromatic carbocycles. The number of carbonyl (C=O) groups is 2. The fraction of sp³-hybridized carbons (Fsp3) is 0.652. The zero-order valence-electron chi connectivity index (χ0n) is 17.4. The summed E-state index contributed by atoms with van der Waals surface area (Å²) in [6, 6.07) is 9.82. The van der Waals surface area contributed by atoms with Gasteiger partial charge >= 0.3 is 0 Å². The number of benzene rings is 1. The van der Waals surface area contributed by atoms with Crippen molar-refractivity contribution in [1.29, 1.82) is 0 Å². The van der Waals surface area contributed by atoms with E-state index in [1.165, 1.54) is 6.42 Å². The van der Waals surface area contributed by atoms with E-state index in [1.807, 2.05) is 30.3 Å². The highest BCUT2D eigenvalue weighted by Gasteiger charge is 2.40. The minimum atomic E-state index is -0.711. The summed E-state index contributed by atoms with van der Waals surface area (Å²) in [5.74, 6) is 0.0317. The average Bonchev–Trinajstić information content (AvgIpc) is 2.69. The van der Waals surface area contributed by atoms with E-state index in [4.69, 9.17) is 9.47 Å². The van der Waals surface area contributed by atoms with Crippen LogP contribution in [0.2, 0.25) is 0 Å². The number of aliphatic hydroxyl groups excluding tert-OH is 1. The molecule has 0 radical (unpaired) electrons. The highest BCUT2D eigenvalue weighted by atomic mass is 16.5. The Morgan fingerprint density at radius 1 is 1.10 bits per heavy atom. The first-order chi connectivity index (χ1) is 14.6. The Bertz CT molecular complexity index is 724. The van der Waals surface area contributed by atoms with Gasteiger partial charge in [0.15, 0.2) is 0 Å². The van der Waals surface area contributed by atoms with E-state index in [-0.39, 0.29) is 43.2 Å². The smallest absolute Gasteiger partial charge is 0.227 e. The van der Waals surface area contributed by atoms with Gasteiger partial charge in [0.1, 0.15) is 6.10 Å². The van der Waals surface area contributed by atoms with Crippen molar-refractivity contribution in [2.75, 3.05) is 19.8 Å². The molecule has 2 N–H and O–H groups in total. The summed E-state index contributed by atoms with van der Waals surface area (Å²) in [6.45, 7) is 0.731. The lowest BCUT2D eigenvalue weighted by molar-refractivity contribution is -0.169. The standard InChI is InChI=1S/C23H32N2O5/c26-18-13-25(23(28)11-16-5-2-1-3-6-16)20-10-9-19(30-21(20)15-29-14-18)12-22(27)24-17-7-4-8-17/h1-3,5-6,17-21,26H,4,7-15H2,(H,24,27)/t18-,19-,20-,21+/m1/s1. The molecule has 1 aliphatic carbocycles. The van der Waals surface area contributed by atoms with E-state index < -0.39 is 6.10 Å². The third-order valence-electron chi connectivity index (χ3n) is 6.38. The van der Waals surface area contributed by atoms with Gasteiger partial charge in [-0.25, -0.2) is 0 Å². The predicted molar refractivity (Wildman–Crippen MR) is 111 cm³/mol. The van der Waals surface area contributed by atoms with Crippen molar-refractivity contribution in [2.24, 2.45) is 0 Å². The summed E-state index contributed by atoms with van der Waals surface area (Å²) < 4.78 is 11.9. The van der Waals surface area contributed by atoms with E-state index in [0.717, 1.165) is 24.8 Å². The number of hydrogen-bond acceptors (Lipinski definition) is 5. The topological polar surface area (TPSA) is 88.1 Å². The first-order valence-electron chi connectivity index (χ1n) is 11.1. The summed E-state index contributed by atoms with van der Waals surface area (Å²) >= 11 is 0. The molecule has 0 unspecified atom stereocenters. The zero-order chi connectivity index (χ0) is 20.9. The molecule has 0 spiro atoms. The summed E-state index contributed by atoms with van der Waals surface area (Å²) in [5.41, 5.74) is 0.953. The number of carbonyl (C=O) groups excluding carboxylic acids is 2. The van der Waals surface area contributed by atoms with Crippen molar-refractivity contribution < 1.29 is 24.2 Å². The SMILES string of the molecule is O=C(C[C@H]1CC[C@@H]2[C@H](COC[C@H](O)CN2C(=O)Cc2ccccc2)O1)NC1CCC1. The number of nitrogens with one attached hydrogen (secondary N) is 1. The number of rotatable bonds is 5. The molecule has 2 aliphatic heterocycles. The van der Waals surface area contributed by atoms with Crippen LogP contribution in [0.1, 0.15) is 44.1 Å². The number of hydrogen-bond donors (Lipinski definition) is 2. The molecule has 4 atom stereocenters. The highest BCUT2D eigenvalue weighted by molar-refractivity contribution is 5.79. The first-order valence-corrected chi connectivity index (χ1v) is 11.1. The van der Waals surface area contributed by atoms with Gasteiger partial charge in [0.25, 0.3) is 0 Å². The molecule has 4 rings (SSSR count). The fourth-order valence-corrected chi connectivity index (χ4v) is 4.55. The van der Waals surface area contributed by atoms with Gasteiger partial charge in [-0.3, -0.25) is 9.59 Å². The van der Waals surface area contributed by atoms with Crippen LogP contribution in [0.3, 0.4) is 0 Å². The Morgan fingerprint density at radius 2 is 1.90 bits per heavy atom. The molecule has 7 nitrogen and oxygen atoms in total. The Labute approximate surface area is 177 Å². The molecule has 3 fully saturated rings. The van der Waals surface area contributed by atoms with Crippen LogP contribution in [0.15, 0.2) is 30.3 Å². The summed E-state index contributed by atoms with van der Waals surface area (Å²) in [5, 5.41) is 13.3. The highest BCUT2D eigenvalue weighted by Crippen LogP contribution is 2.28. The number of amides is 2. The fourth-order valence-electron chi connectivity index (χ4n) is 4.55. The number of ether oxygens (including phenoxy) is 2. The molecule has 7 heteroatoms.